The van der Waals surface area contributed by atoms with E-state index in [0.29, 0.717) is 38.2 Å². The van der Waals surface area contributed by atoms with E-state index in [0.717, 1.165) is 16.8 Å². The van der Waals surface area contributed by atoms with Gasteiger partial charge in [0.2, 0.25) is 12.3 Å². The molecule has 2 aromatic rings. The lowest BCUT2D eigenvalue weighted by atomic mass is 9.91. The molecule has 1 aromatic carbocycles. The van der Waals surface area contributed by atoms with Gasteiger partial charge in [-0.2, -0.15) is 0 Å². The second kappa shape index (κ2) is 12.1. The summed E-state index contributed by atoms with van der Waals surface area (Å²) in [5, 5.41) is 16.2. The van der Waals surface area contributed by atoms with Gasteiger partial charge in [-0.05, 0) is 36.0 Å². The van der Waals surface area contributed by atoms with Crippen LogP contribution < -0.4 is 5.32 Å². The first-order chi connectivity index (χ1) is 15.3. The van der Waals surface area contributed by atoms with Crippen molar-refractivity contribution < 1.29 is 19.2 Å². The number of hydrogen-bond donors (Lipinski definition) is 2. The lowest BCUT2D eigenvalue weighted by Gasteiger charge is -2.23. The van der Waals surface area contributed by atoms with Crippen LogP contribution in [0.2, 0.25) is 0 Å². The lowest BCUT2D eigenvalue weighted by Crippen LogP contribution is -2.35. The summed E-state index contributed by atoms with van der Waals surface area (Å²) in [5.41, 5.74) is 2.77. The van der Waals surface area contributed by atoms with E-state index in [-0.39, 0.29) is 23.7 Å². The third-order valence-electron chi connectivity index (χ3n) is 5.36. The number of carbonyl (C=O) groups is 2. The zero-order valence-electron chi connectivity index (χ0n) is 19.2. The van der Waals surface area contributed by atoms with Crippen molar-refractivity contribution >= 4 is 12.3 Å². The molecule has 0 spiro atoms. The fourth-order valence-corrected chi connectivity index (χ4v) is 3.47. The number of β-amino-alcohol motifs (C(OH)–C–C–N with tert-alkyl or cyclic N) is 1. The number of aliphatic hydroxyl groups is 1. The minimum absolute atomic E-state index is 0.0306. The van der Waals surface area contributed by atoms with Crippen molar-refractivity contribution in [3.63, 3.8) is 0 Å². The second-order valence-corrected chi connectivity index (χ2v) is 8.60. The molecular weight excluding hydrogens is 406 g/mol. The summed E-state index contributed by atoms with van der Waals surface area (Å²) in [5.74, 6) is 3.28. The van der Waals surface area contributed by atoms with E-state index < -0.39 is 6.10 Å². The molecule has 2 heterocycles. The molecule has 2 unspecified atom stereocenters. The Kier molecular flexibility index (Phi) is 9.48. The maximum Gasteiger partial charge on any atom is 0.233 e. The molecule has 0 bridgehead atoms. The Morgan fingerprint density at radius 3 is 2.50 bits per heavy atom. The van der Waals surface area contributed by atoms with Crippen LogP contribution in [0.4, 0.5) is 0 Å². The zero-order chi connectivity index (χ0) is 23.7. The number of amides is 2. The highest BCUT2D eigenvalue weighted by Crippen LogP contribution is 2.30. The highest BCUT2D eigenvalue weighted by atomic mass is 16.5. The molecule has 1 fully saturated rings. The Morgan fingerprint density at radius 2 is 2.03 bits per heavy atom. The first kappa shape index (κ1) is 25.2. The van der Waals surface area contributed by atoms with Crippen LogP contribution >= 0.6 is 0 Å². The molecule has 3 rings (SSSR count). The number of aromatic nitrogens is 1. The van der Waals surface area contributed by atoms with Crippen molar-refractivity contribution in [2.75, 3.05) is 13.1 Å². The Hall–Kier alpha value is -3.11. The van der Waals surface area contributed by atoms with Crippen molar-refractivity contribution in [2.45, 2.75) is 58.6 Å². The standard InChI is InChI=1S/C15H24N2O3.C10H9NO/c1-9(2)12-7-13(20-16-12)14(10(3)4)15(19)17-6-5-11(18)8-17;1-2-9-3-5-10(6-4-9)7-11-8-12/h7,9-11,14,18H,5-6,8H2,1-4H3;1,3-6,8H,7H2,(H,11,12). The topological polar surface area (TPSA) is 95.7 Å². The van der Waals surface area contributed by atoms with Gasteiger partial charge in [0, 0.05) is 31.3 Å². The number of hydrogen-bond acceptors (Lipinski definition) is 5. The van der Waals surface area contributed by atoms with E-state index in [1.165, 1.54) is 0 Å². The molecule has 0 saturated carbocycles. The normalized spacial score (nSPS) is 16.3. The molecule has 172 valence electrons. The van der Waals surface area contributed by atoms with Gasteiger partial charge < -0.3 is 19.8 Å². The van der Waals surface area contributed by atoms with Crippen LogP contribution in [-0.2, 0) is 16.1 Å². The van der Waals surface area contributed by atoms with E-state index >= 15 is 0 Å². The quantitative estimate of drug-likeness (QED) is 0.511. The van der Waals surface area contributed by atoms with Crippen molar-refractivity contribution in [3.05, 3.63) is 52.9 Å². The summed E-state index contributed by atoms with van der Waals surface area (Å²) < 4.78 is 5.40. The van der Waals surface area contributed by atoms with E-state index in [9.17, 15) is 14.7 Å². The molecule has 2 amide bonds. The highest BCUT2D eigenvalue weighted by Gasteiger charge is 2.35. The fourth-order valence-electron chi connectivity index (χ4n) is 3.47. The molecule has 0 radical (unpaired) electrons. The van der Waals surface area contributed by atoms with Gasteiger partial charge in [0.25, 0.3) is 0 Å². The summed E-state index contributed by atoms with van der Waals surface area (Å²) in [4.78, 5) is 24.3. The monoisotopic (exact) mass is 439 g/mol. The molecule has 1 aliphatic rings. The van der Waals surface area contributed by atoms with Gasteiger partial charge in [-0.3, -0.25) is 9.59 Å². The summed E-state index contributed by atoms with van der Waals surface area (Å²) in [7, 11) is 0. The van der Waals surface area contributed by atoms with E-state index in [4.69, 9.17) is 10.9 Å². The van der Waals surface area contributed by atoms with Crippen LogP contribution in [0.5, 0.6) is 0 Å². The van der Waals surface area contributed by atoms with Crippen molar-refractivity contribution in [1.29, 1.82) is 0 Å². The maximum atomic E-state index is 12.6. The van der Waals surface area contributed by atoms with Crippen LogP contribution in [0.1, 0.15) is 68.5 Å². The van der Waals surface area contributed by atoms with Gasteiger partial charge >= 0.3 is 0 Å². The predicted molar refractivity (Wildman–Crippen MR) is 123 cm³/mol. The Bertz CT molecular complexity index is 912. The number of terminal acetylenes is 1. The molecule has 32 heavy (non-hydrogen) atoms. The van der Waals surface area contributed by atoms with Gasteiger partial charge in [-0.25, -0.2) is 0 Å². The Balaban J connectivity index is 0.000000258. The Labute approximate surface area is 190 Å². The SMILES string of the molecule is C#Cc1ccc(CNC=O)cc1.CC(C)c1cc(C(C(=O)N2CCC(O)C2)C(C)C)on1. The average molecular weight is 440 g/mol. The van der Waals surface area contributed by atoms with Gasteiger partial charge in [0.15, 0.2) is 0 Å². The van der Waals surface area contributed by atoms with Gasteiger partial charge in [-0.15, -0.1) is 6.42 Å². The molecule has 7 nitrogen and oxygen atoms in total. The maximum absolute atomic E-state index is 12.6. The first-order valence-electron chi connectivity index (χ1n) is 10.9. The predicted octanol–water partition coefficient (Wildman–Crippen LogP) is 3.04. The van der Waals surface area contributed by atoms with Crippen LogP contribution in [0.15, 0.2) is 34.9 Å². The highest BCUT2D eigenvalue weighted by molar-refractivity contribution is 5.83. The molecular formula is C25H33N3O4. The van der Waals surface area contributed by atoms with Crippen LogP contribution in [0, 0.1) is 18.3 Å². The van der Waals surface area contributed by atoms with E-state index in [2.05, 4.69) is 16.4 Å². The third kappa shape index (κ3) is 6.96. The Morgan fingerprint density at radius 1 is 1.34 bits per heavy atom. The molecule has 1 aliphatic heterocycles. The van der Waals surface area contributed by atoms with Crippen LogP contribution in [0.25, 0.3) is 0 Å². The number of nitrogens with one attached hydrogen (secondary N) is 1. The molecule has 2 N–H and O–H groups in total. The summed E-state index contributed by atoms with van der Waals surface area (Å²) in [6.07, 6.45) is 6.12. The third-order valence-corrected chi connectivity index (χ3v) is 5.36. The minimum atomic E-state index is -0.396. The number of likely N-dealkylation sites (tertiary alicyclic amines) is 1. The number of benzene rings is 1. The van der Waals surface area contributed by atoms with E-state index in [1.54, 1.807) is 4.90 Å². The van der Waals surface area contributed by atoms with Crippen molar-refractivity contribution in [2.24, 2.45) is 5.92 Å². The van der Waals surface area contributed by atoms with Gasteiger partial charge in [0.05, 0.1) is 11.8 Å². The minimum Gasteiger partial charge on any atom is -0.391 e. The fraction of sp³-hybridized carbons (Fsp3) is 0.480. The second-order valence-electron chi connectivity index (χ2n) is 8.60. The molecule has 7 heteroatoms. The lowest BCUT2D eigenvalue weighted by molar-refractivity contribution is -0.133. The number of aliphatic hydroxyl groups excluding tert-OH is 1. The van der Waals surface area contributed by atoms with Gasteiger partial charge in [-0.1, -0.05) is 50.9 Å². The molecule has 2 atom stereocenters. The first-order valence-corrected chi connectivity index (χ1v) is 10.9. The molecule has 1 aromatic heterocycles. The zero-order valence-corrected chi connectivity index (χ0v) is 19.2. The number of carbonyl (C=O) groups excluding carboxylic acids is 2. The smallest absolute Gasteiger partial charge is 0.233 e. The van der Waals surface area contributed by atoms with E-state index in [1.807, 2.05) is 58.0 Å². The molecule has 1 saturated heterocycles. The largest absolute Gasteiger partial charge is 0.391 e. The summed E-state index contributed by atoms with van der Waals surface area (Å²) in [6, 6.07) is 9.38. The van der Waals surface area contributed by atoms with Crippen LogP contribution in [0.3, 0.4) is 0 Å². The van der Waals surface area contributed by atoms with Crippen molar-refractivity contribution in [3.8, 4) is 12.3 Å². The van der Waals surface area contributed by atoms with Crippen LogP contribution in [-0.4, -0.2) is 46.7 Å². The number of rotatable bonds is 7. The summed E-state index contributed by atoms with van der Waals surface area (Å²) in [6.45, 7) is 9.70. The van der Waals surface area contributed by atoms with Gasteiger partial charge in [0.1, 0.15) is 11.7 Å². The molecule has 0 aliphatic carbocycles. The summed E-state index contributed by atoms with van der Waals surface area (Å²) >= 11 is 0. The number of nitrogens with zero attached hydrogens (tertiary/aromatic N) is 2. The van der Waals surface area contributed by atoms with Crippen molar-refractivity contribution in [1.82, 2.24) is 15.4 Å². The average Bonchev–Trinajstić information content (AvgIpc) is 3.42.